The van der Waals surface area contributed by atoms with Gasteiger partial charge in [0.2, 0.25) is 0 Å². The summed E-state index contributed by atoms with van der Waals surface area (Å²) in [6.07, 6.45) is 3.23. The van der Waals surface area contributed by atoms with Gasteiger partial charge in [0, 0.05) is 11.1 Å². The fraction of sp³-hybridized carbons (Fsp3) is 0.192. The molecule has 0 radical (unpaired) electrons. The van der Waals surface area contributed by atoms with Crippen LogP contribution in [0.2, 0.25) is 0 Å². The van der Waals surface area contributed by atoms with Crippen molar-refractivity contribution in [2.75, 3.05) is 14.2 Å². The Morgan fingerprint density at radius 2 is 1.71 bits per heavy atom. The van der Waals surface area contributed by atoms with Gasteiger partial charge in [0.05, 0.1) is 14.2 Å². The van der Waals surface area contributed by atoms with Crippen molar-refractivity contribution in [2.24, 2.45) is 0 Å². The molecule has 0 saturated heterocycles. The largest absolute Gasteiger partial charge is 0.504 e. The van der Waals surface area contributed by atoms with Gasteiger partial charge in [-0.15, -0.1) is 0 Å². The predicted molar refractivity (Wildman–Crippen MR) is 121 cm³/mol. The molecule has 160 valence electrons. The maximum absolute atomic E-state index is 12.5. The first kappa shape index (κ1) is 22.0. The molecule has 1 N–H and O–H groups in total. The van der Waals surface area contributed by atoms with Crippen LogP contribution in [-0.4, -0.2) is 25.1 Å². The van der Waals surface area contributed by atoms with Crippen LogP contribution in [0.15, 0.2) is 60.7 Å². The third-order valence-corrected chi connectivity index (χ3v) is 5.13. The second kappa shape index (κ2) is 9.85. The average Bonchev–Trinajstić information content (AvgIpc) is 2.78. The second-order valence-corrected chi connectivity index (χ2v) is 7.14. The number of carbonyl (C=O) groups excluding carboxylic acids is 1. The SMILES string of the molecule is COc1cc(C(=O)/C=C/c2ccc(OC)c(COc3cccc(C)c3C)c2)ccc1O. The molecule has 3 aromatic carbocycles. The average molecular weight is 418 g/mol. The Balaban J connectivity index is 1.78. The maximum Gasteiger partial charge on any atom is 0.185 e. The lowest BCUT2D eigenvalue weighted by atomic mass is 10.1. The highest BCUT2D eigenvalue weighted by molar-refractivity contribution is 6.07. The molecular weight excluding hydrogens is 392 g/mol. The van der Waals surface area contributed by atoms with E-state index < -0.39 is 0 Å². The lowest BCUT2D eigenvalue weighted by Crippen LogP contribution is -2.01. The number of benzene rings is 3. The van der Waals surface area contributed by atoms with E-state index in [1.54, 1.807) is 19.3 Å². The molecule has 3 rings (SSSR count). The number of hydrogen-bond acceptors (Lipinski definition) is 5. The van der Waals surface area contributed by atoms with Crippen LogP contribution in [0.3, 0.4) is 0 Å². The fourth-order valence-corrected chi connectivity index (χ4v) is 3.15. The minimum absolute atomic E-state index is 0.00771. The summed E-state index contributed by atoms with van der Waals surface area (Å²) < 4.78 is 16.6. The molecule has 0 unspecified atom stereocenters. The molecule has 5 nitrogen and oxygen atoms in total. The summed E-state index contributed by atoms with van der Waals surface area (Å²) in [4.78, 5) is 12.5. The van der Waals surface area contributed by atoms with Gasteiger partial charge < -0.3 is 19.3 Å². The molecule has 3 aromatic rings. The predicted octanol–water partition coefficient (Wildman–Crippen LogP) is 5.50. The third kappa shape index (κ3) is 5.25. The number of phenols is 1. The Bertz CT molecular complexity index is 1110. The van der Waals surface area contributed by atoms with Gasteiger partial charge in [-0.05, 0) is 73.0 Å². The smallest absolute Gasteiger partial charge is 0.185 e. The van der Waals surface area contributed by atoms with E-state index in [0.717, 1.165) is 28.2 Å². The molecule has 0 bridgehead atoms. The van der Waals surface area contributed by atoms with E-state index in [0.29, 0.717) is 12.2 Å². The Labute approximate surface area is 182 Å². The van der Waals surface area contributed by atoms with Gasteiger partial charge in [0.25, 0.3) is 0 Å². The van der Waals surface area contributed by atoms with Gasteiger partial charge in [-0.1, -0.05) is 24.3 Å². The van der Waals surface area contributed by atoms with E-state index in [1.165, 1.54) is 30.9 Å². The number of aromatic hydroxyl groups is 1. The summed E-state index contributed by atoms with van der Waals surface area (Å²) in [7, 11) is 3.06. The van der Waals surface area contributed by atoms with Crippen molar-refractivity contribution < 1.29 is 24.1 Å². The van der Waals surface area contributed by atoms with Crippen molar-refractivity contribution in [1.29, 1.82) is 0 Å². The van der Waals surface area contributed by atoms with E-state index in [9.17, 15) is 9.90 Å². The minimum Gasteiger partial charge on any atom is -0.504 e. The van der Waals surface area contributed by atoms with Gasteiger partial charge in [0.15, 0.2) is 17.3 Å². The van der Waals surface area contributed by atoms with E-state index in [4.69, 9.17) is 14.2 Å². The number of ether oxygens (including phenoxy) is 3. The van der Waals surface area contributed by atoms with Crippen LogP contribution < -0.4 is 14.2 Å². The molecule has 5 heteroatoms. The Kier molecular flexibility index (Phi) is 6.98. The van der Waals surface area contributed by atoms with Crippen LogP contribution in [0.4, 0.5) is 0 Å². The number of ketones is 1. The van der Waals surface area contributed by atoms with Crippen LogP contribution in [0.25, 0.3) is 6.08 Å². The monoisotopic (exact) mass is 418 g/mol. The topological polar surface area (TPSA) is 65.0 Å². The standard InChI is InChI=1S/C26H26O5/c1-17-6-5-7-24(18(17)2)31-16-21-14-19(9-13-25(21)29-3)8-11-22(27)20-10-12-23(28)26(15-20)30-4/h5-15,28H,16H2,1-4H3/b11-8+. The van der Waals surface area contributed by atoms with Crippen LogP contribution in [0, 0.1) is 13.8 Å². The van der Waals surface area contributed by atoms with Gasteiger partial charge in [-0.2, -0.15) is 0 Å². The van der Waals surface area contributed by atoms with Gasteiger partial charge >= 0.3 is 0 Å². The van der Waals surface area contributed by atoms with Crippen molar-refractivity contribution >= 4 is 11.9 Å². The van der Waals surface area contributed by atoms with Crippen LogP contribution in [0.5, 0.6) is 23.0 Å². The number of hydrogen-bond donors (Lipinski definition) is 1. The zero-order valence-electron chi connectivity index (χ0n) is 18.1. The summed E-state index contributed by atoms with van der Waals surface area (Å²) in [5.74, 6) is 1.61. The highest BCUT2D eigenvalue weighted by Gasteiger charge is 2.09. The molecule has 0 aromatic heterocycles. The van der Waals surface area contributed by atoms with Crippen LogP contribution >= 0.6 is 0 Å². The summed E-state index contributed by atoms with van der Waals surface area (Å²) in [6, 6.07) is 16.1. The van der Waals surface area contributed by atoms with E-state index >= 15 is 0 Å². The summed E-state index contributed by atoms with van der Waals surface area (Å²) in [5, 5.41) is 9.69. The normalized spacial score (nSPS) is 10.8. The van der Waals surface area contributed by atoms with Crippen LogP contribution in [-0.2, 0) is 6.61 Å². The molecular formula is C26H26O5. The maximum atomic E-state index is 12.5. The zero-order chi connectivity index (χ0) is 22.4. The number of carbonyl (C=O) groups is 1. The molecule has 31 heavy (non-hydrogen) atoms. The number of rotatable bonds is 8. The number of allylic oxidation sites excluding steroid dienone is 1. The van der Waals surface area contributed by atoms with Gasteiger partial charge in [-0.3, -0.25) is 4.79 Å². The molecule has 0 saturated carbocycles. The molecule has 0 heterocycles. The first-order valence-corrected chi connectivity index (χ1v) is 9.88. The summed E-state index contributed by atoms with van der Waals surface area (Å²) in [5.41, 5.74) is 4.43. The summed E-state index contributed by atoms with van der Waals surface area (Å²) in [6.45, 7) is 4.43. The molecule has 0 aliphatic heterocycles. The fourth-order valence-electron chi connectivity index (χ4n) is 3.15. The first-order chi connectivity index (χ1) is 14.9. The van der Waals surface area contributed by atoms with E-state index in [2.05, 4.69) is 13.0 Å². The molecule has 0 atom stereocenters. The Morgan fingerprint density at radius 1 is 0.935 bits per heavy atom. The second-order valence-electron chi connectivity index (χ2n) is 7.14. The van der Waals surface area contributed by atoms with Gasteiger partial charge in [0.1, 0.15) is 18.1 Å². The molecule has 0 aliphatic carbocycles. The lowest BCUT2D eigenvalue weighted by molar-refractivity contribution is 0.104. The van der Waals surface area contributed by atoms with Crippen molar-refractivity contribution in [3.05, 3.63) is 88.5 Å². The Morgan fingerprint density at radius 3 is 2.45 bits per heavy atom. The van der Waals surface area contributed by atoms with Crippen molar-refractivity contribution in [1.82, 2.24) is 0 Å². The number of methoxy groups -OCH3 is 2. The highest BCUT2D eigenvalue weighted by atomic mass is 16.5. The third-order valence-electron chi connectivity index (χ3n) is 5.13. The van der Waals surface area contributed by atoms with Gasteiger partial charge in [-0.25, -0.2) is 0 Å². The zero-order valence-corrected chi connectivity index (χ0v) is 18.1. The summed E-state index contributed by atoms with van der Waals surface area (Å²) >= 11 is 0. The van der Waals surface area contributed by atoms with E-state index in [-0.39, 0.29) is 17.3 Å². The highest BCUT2D eigenvalue weighted by Crippen LogP contribution is 2.28. The molecule has 0 amide bonds. The lowest BCUT2D eigenvalue weighted by Gasteiger charge is -2.13. The number of aryl methyl sites for hydroxylation is 1. The molecule has 0 spiro atoms. The molecule has 0 aliphatic rings. The first-order valence-electron chi connectivity index (χ1n) is 9.88. The van der Waals surface area contributed by atoms with E-state index in [1.807, 2.05) is 37.3 Å². The minimum atomic E-state index is -0.192. The number of phenolic OH excluding ortho intramolecular Hbond substituents is 1. The Hall–Kier alpha value is -3.73. The van der Waals surface area contributed by atoms with Crippen molar-refractivity contribution in [3.63, 3.8) is 0 Å². The van der Waals surface area contributed by atoms with Crippen molar-refractivity contribution in [2.45, 2.75) is 20.5 Å². The van der Waals surface area contributed by atoms with Crippen molar-refractivity contribution in [3.8, 4) is 23.0 Å². The van der Waals surface area contributed by atoms with Crippen LogP contribution in [0.1, 0.15) is 32.6 Å². The quantitative estimate of drug-likeness (QED) is 0.386. The molecule has 0 fully saturated rings.